The molecule has 0 saturated heterocycles. The zero-order valence-corrected chi connectivity index (χ0v) is 15.8. The number of rotatable bonds is 6. The van der Waals surface area contributed by atoms with Crippen LogP contribution in [0.5, 0.6) is 0 Å². The molecule has 0 bridgehead atoms. The van der Waals surface area contributed by atoms with Gasteiger partial charge in [0.1, 0.15) is 0 Å². The number of nitrogens with zero attached hydrogens (tertiary/aromatic N) is 3. The fourth-order valence-electron chi connectivity index (χ4n) is 2.66. The van der Waals surface area contributed by atoms with Gasteiger partial charge in [-0.2, -0.15) is 5.10 Å². The summed E-state index contributed by atoms with van der Waals surface area (Å²) < 4.78 is 3.48. The summed E-state index contributed by atoms with van der Waals surface area (Å²) in [5.41, 5.74) is 2.76. The number of hydrogen-bond acceptors (Lipinski definition) is 3. The minimum atomic E-state index is 0.00466. The maximum absolute atomic E-state index is 11.9. The van der Waals surface area contributed by atoms with Gasteiger partial charge >= 0.3 is 0 Å². The molecule has 2 heterocycles. The van der Waals surface area contributed by atoms with Gasteiger partial charge in [0.05, 0.1) is 11.9 Å². The molecule has 0 aliphatic rings. The quantitative estimate of drug-likeness (QED) is 0.578. The standard InChI is InChI=1S/C19H20ClN3OS/c1-3-9-22-13-15(5-8-19(22)24)23-12-14(11-21-23)17-7-6-16(25-4-2)10-18(17)20/h5-8,10-13H,3-4,9H2,1-2H3. The zero-order valence-electron chi connectivity index (χ0n) is 14.3. The van der Waals surface area contributed by atoms with Gasteiger partial charge in [0, 0.05) is 46.0 Å². The lowest BCUT2D eigenvalue weighted by atomic mass is 10.1. The van der Waals surface area contributed by atoms with E-state index in [0.717, 1.165) is 33.9 Å². The summed E-state index contributed by atoms with van der Waals surface area (Å²) in [5, 5.41) is 5.15. The fraction of sp³-hybridized carbons (Fsp3) is 0.263. The van der Waals surface area contributed by atoms with Crippen molar-refractivity contribution in [3.63, 3.8) is 0 Å². The number of halogens is 1. The molecule has 0 aliphatic heterocycles. The van der Waals surface area contributed by atoms with E-state index < -0.39 is 0 Å². The Morgan fingerprint density at radius 1 is 1.16 bits per heavy atom. The predicted octanol–water partition coefficient (Wildman–Crippen LogP) is 4.88. The topological polar surface area (TPSA) is 39.8 Å². The monoisotopic (exact) mass is 373 g/mol. The van der Waals surface area contributed by atoms with Crippen molar-refractivity contribution in [2.45, 2.75) is 31.7 Å². The van der Waals surface area contributed by atoms with Gasteiger partial charge in [-0.15, -0.1) is 11.8 Å². The first-order valence-electron chi connectivity index (χ1n) is 8.30. The van der Waals surface area contributed by atoms with Crippen molar-refractivity contribution in [1.82, 2.24) is 14.3 Å². The molecule has 0 aliphatic carbocycles. The Bertz CT molecular complexity index is 932. The number of hydrogen-bond donors (Lipinski definition) is 0. The Balaban J connectivity index is 1.93. The van der Waals surface area contributed by atoms with E-state index in [1.165, 1.54) is 0 Å². The minimum Gasteiger partial charge on any atom is -0.313 e. The van der Waals surface area contributed by atoms with Crippen molar-refractivity contribution in [3.8, 4) is 16.8 Å². The highest BCUT2D eigenvalue weighted by Gasteiger charge is 2.09. The van der Waals surface area contributed by atoms with Crippen LogP contribution in [0.1, 0.15) is 20.3 Å². The summed E-state index contributed by atoms with van der Waals surface area (Å²) in [5.74, 6) is 1.01. The second-order valence-electron chi connectivity index (χ2n) is 5.67. The molecule has 0 radical (unpaired) electrons. The molecule has 6 heteroatoms. The molecule has 3 rings (SSSR count). The molecule has 0 unspecified atom stereocenters. The van der Waals surface area contributed by atoms with Crippen molar-refractivity contribution >= 4 is 23.4 Å². The molecule has 0 amide bonds. The van der Waals surface area contributed by atoms with Crippen LogP contribution in [0.25, 0.3) is 16.8 Å². The average Bonchev–Trinajstić information content (AvgIpc) is 3.07. The largest absolute Gasteiger partial charge is 0.313 e. The van der Waals surface area contributed by atoms with Crippen LogP contribution in [0.2, 0.25) is 5.02 Å². The second kappa shape index (κ2) is 7.93. The van der Waals surface area contributed by atoms with Crippen molar-refractivity contribution < 1.29 is 0 Å². The third kappa shape index (κ3) is 3.99. The van der Waals surface area contributed by atoms with Gasteiger partial charge in [-0.1, -0.05) is 31.5 Å². The van der Waals surface area contributed by atoms with E-state index in [-0.39, 0.29) is 5.56 Å². The lowest BCUT2D eigenvalue weighted by Crippen LogP contribution is -2.19. The Morgan fingerprint density at radius 2 is 2.00 bits per heavy atom. The molecular formula is C19H20ClN3OS. The van der Waals surface area contributed by atoms with Crippen LogP contribution < -0.4 is 5.56 Å². The molecule has 25 heavy (non-hydrogen) atoms. The highest BCUT2D eigenvalue weighted by Crippen LogP contribution is 2.32. The SMILES string of the molecule is CCCn1cc(-n2cc(-c3ccc(SCC)cc3Cl)cn2)ccc1=O. The highest BCUT2D eigenvalue weighted by molar-refractivity contribution is 7.99. The number of benzene rings is 1. The lowest BCUT2D eigenvalue weighted by molar-refractivity contribution is 0.648. The van der Waals surface area contributed by atoms with Gasteiger partial charge in [0.15, 0.2) is 0 Å². The second-order valence-corrected chi connectivity index (χ2v) is 7.41. The molecule has 4 nitrogen and oxygen atoms in total. The van der Waals surface area contributed by atoms with Crippen LogP contribution >= 0.6 is 23.4 Å². The van der Waals surface area contributed by atoms with Crippen LogP contribution in [0.4, 0.5) is 0 Å². The van der Waals surface area contributed by atoms with Crippen molar-refractivity contribution in [2.75, 3.05) is 5.75 Å². The average molecular weight is 374 g/mol. The third-order valence-electron chi connectivity index (χ3n) is 3.84. The van der Waals surface area contributed by atoms with Gasteiger partial charge < -0.3 is 4.57 Å². The smallest absolute Gasteiger partial charge is 0.250 e. The summed E-state index contributed by atoms with van der Waals surface area (Å²) in [6, 6.07) is 9.46. The van der Waals surface area contributed by atoms with Crippen molar-refractivity contribution in [3.05, 3.63) is 64.3 Å². The molecule has 0 saturated carbocycles. The minimum absolute atomic E-state index is 0.00466. The van der Waals surface area contributed by atoms with Gasteiger partial charge in [-0.25, -0.2) is 4.68 Å². The summed E-state index contributed by atoms with van der Waals surface area (Å²) in [4.78, 5) is 13.0. The molecule has 0 atom stereocenters. The summed E-state index contributed by atoms with van der Waals surface area (Å²) >= 11 is 8.21. The fourth-order valence-corrected chi connectivity index (χ4v) is 3.71. The molecule has 3 aromatic rings. The van der Waals surface area contributed by atoms with Gasteiger partial charge in [0.2, 0.25) is 0 Å². The van der Waals surface area contributed by atoms with E-state index in [1.807, 2.05) is 31.5 Å². The highest BCUT2D eigenvalue weighted by atomic mass is 35.5. The Morgan fingerprint density at radius 3 is 2.72 bits per heavy atom. The molecule has 0 fully saturated rings. The summed E-state index contributed by atoms with van der Waals surface area (Å²) in [6.07, 6.45) is 6.48. The normalized spacial score (nSPS) is 11.0. The van der Waals surface area contributed by atoms with E-state index >= 15 is 0 Å². The van der Waals surface area contributed by atoms with Crippen LogP contribution in [0, 0.1) is 0 Å². The molecule has 1 aromatic carbocycles. The lowest BCUT2D eigenvalue weighted by Gasteiger charge is -2.07. The molecule has 0 N–H and O–H groups in total. The third-order valence-corrected chi connectivity index (χ3v) is 5.03. The number of thioether (sulfide) groups is 1. The first kappa shape index (κ1) is 17.8. The van der Waals surface area contributed by atoms with E-state index in [2.05, 4.69) is 18.1 Å². The van der Waals surface area contributed by atoms with Crippen LogP contribution in [0.3, 0.4) is 0 Å². The summed E-state index contributed by atoms with van der Waals surface area (Å²) in [7, 11) is 0. The number of pyridine rings is 1. The zero-order chi connectivity index (χ0) is 17.8. The number of aromatic nitrogens is 3. The first-order chi connectivity index (χ1) is 12.1. The maximum atomic E-state index is 11.9. The van der Waals surface area contributed by atoms with E-state index in [1.54, 1.807) is 39.3 Å². The number of aryl methyl sites for hydroxylation is 1. The van der Waals surface area contributed by atoms with E-state index in [9.17, 15) is 4.79 Å². The Hall–Kier alpha value is -1.98. The van der Waals surface area contributed by atoms with Crippen LogP contribution in [-0.2, 0) is 6.54 Å². The molecule has 2 aromatic heterocycles. The predicted molar refractivity (Wildman–Crippen MR) is 105 cm³/mol. The molecule has 130 valence electrons. The first-order valence-corrected chi connectivity index (χ1v) is 9.67. The van der Waals surface area contributed by atoms with Crippen molar-refractivity contribution in [2.24, 2.45) is 0 Å². The van der Waals surface area contributed by atoms with E-state index in [4.69, 9.17) is 11.6 Å². The Kier molecular flexibility index (Phi) is 5.66. The van der Waals surface area contributed by atoms with E-state index in [0.29, 0.717) is 11.6 Å². The summed E-state index contributed by atoms with van der Waals surface area (Å²) in [6.45, 7) is 4.87. The van der Waals surface area contributed by atoms with Gasteiger partial charge in [-0.3, -0.25) is 4.79 Å². The van der Waals surface area contributed by atoms with Crippen LogP contribution in [0.15, 0.2) is 58.6 Å². The molecular weight excluding hydrogens is 354 g/mol. The Labute approximate surface area is 156 Å². The van der Waals surface area contributed by atoms with Crippen molar-refractivity contribution in [1.29, 1.82) is 0 Å². The maximum Gasteiger partial charge on any atom is 0.250 e. The van der Waals surface area contributed by atoms with Gasteiger partial charge in [-0.05, 0) is 30.4 Å². The molecule has 0 spiro atoms. The van der Waals surface area contributed by atoms with Gasteiger partial charge in [0.25, 0.3) is 5.56 Å². The van der Waals surface area contributed by atoms with Crippen LogP contribution in [-0.4, -0.2) is 20.1 Å².